The van der Waals surface area contributed by atoms with Crippen molar-refractivity contribution in [3.63, 3.8) is 0 Å². The van der Waals surface area contributed by atoms with Crippen molar-refractivity contribution in [1.29, 1.82) is 0 Å². The average molecular weight is 245 g/mol. The van der Waals surface area contributed by atoms with Crippen molar-refractivity contribution >= 4 is 0 Å². The molecule has 1 aliphatic heterocycles. The Kier molecular flexibility index (Phi) is 7.04. The van der Waals surface area contributed by atoms with E-state index in [1.54, 1.807) is 0 Å². The zero-order chi connectivity index (χ0) is 12.7. The SMILES string of the molecule is CC(C)OCC(O)CN(C)CC1CCCOC1. The molecule has 17 heavy (non-hydrogen) atoms. The van der Waals surface area contributed by atoms with E-state index in [1.807, 2.05) is 20.9 Å². The van der Waals surface area contributed by atoms with Gasteiger partial charge in [-0.15, -0.1) is 0 Å². The first-order valence-corrected chi connectivity index (χ1v) is 6.64. The highest BCUT2D eigenvalue weighted by Crippen LogP contribution is 2.14. The van der Waals surface area contributed by atoms with Crippen molar-refractivity contribution in [1.82, 2.24) is 4.90 Å². The van der Waals surface area contributed by atoms with Gasteiger partial charge in [0.2, 0.25) is 0 Å². The zero-order valence-electron chi connectivity index (χ0n) is 11.4. The topological polar surface area (TPSA) is 41.9 Å². The predicted octanol–water partition coefficient (Wildman–Crippen LogP) is 1.13. The normalized spacial score (nSPS) is 23.3. The molecule has 0 aliphatic carbocycles. The van der Waals surface area contributed by atoms with Crippen LogP contribution in [0.15, 0.2) is 0 Å². The van der Waals surface area contributed by atoms with Crippen LogP contribution in [0.25, 0.3) is 0 Å². The summed E-state index contributed by atoms with van der Waals surface area (Å²) in [6, 6.07) is 0. The van der Waals surface area contributed by atoms with Gasteiger partial charge in [-0.25, -0.2) is 0 Å². The summed E-state index contributed by atoms with van der Waals surface area (Å²) in [7, 11) is 2.05. The van der Waals surface area contributed by atoms with Crippen LogP contribution in [-0.4, -0.2) is 62.2 Å². The minimum Gasteiger partial charge on any atom is -0.389 e. The number of ether oxygens (including phenoxy) is 2. The van der Waals surface area contributed by atoms with Crippen LogP contribution < -0.4 is 0 Å². The van der Waals surface area contributed by atoms with Crippen molar-refractivity contribution in [3.05, 3.63) is 0 Å². The van der Waals surface area contributed by atoms with Gasteiger partial charge in [-0.1, -0.05) is 0 Å². The second-order valence-electron chi connectivity index (χ2n) is 5.34. The quantitative estimate of drug-likeness (QED) is 0.730. The Morgan fingerprint density at radius 2 is 2.24 bits per heavy atom. The van der Waals surface area contributed by atoms with E-state index >= 15 is 0 Å². The smallest absolute Gasteiger partial charge is 0.0900 e. The van der Waals surface area contributed by atoms with Gasteiger partial charge in [0.05, 0.1) is 25.4 Å². The lowest BCUT2D eigenvalue weighted by molar-refractivity contribution is -0.0122. The maximum atomic E-state index is 9.80. The summed E-state index contributed by atoms with van der Waals surface area (Å²) < 4.78 is 10.8. The summed E-state index contributed by atoms with van der Waals surface area (Å²) in [5, 5.41) is 9.80. The molecule has 1 fully saturated rings. The van der Waals surface area contributed by atoms with Crippen LogP contribution in [0.2, 0.25) is 0 Å². The molecule has 0 aromatic rings. The van der Waals surface area contributed by atoms with Crippen LogP contribution in [0.4, 0.5) is 0 Å². The second kappa shape index (κ2) is 8.03. The molecular weight excluding hydrogens is 218 g/mol. The first-order chi connectivity index (χ1) is 8.08. The third-order valence-corrected chi connectivity index (χ3v) is 2.97. The third-order valence-electron chi connectivity index (χ3n) is 2.97. The van der Waals surface area contributed by atoms with Gasteiger partial charge in [0.15, 0.2) is 0 Å². The molecule has 0 saturated carbocycles. The molecule has 0 aromatic carbocycles. The molecule has 0 amide bonds. The minimum absolute atomic E-state index is 0.182. The number of hydrogen-bond donors (Lipinski definition) is 1. The van der Waals surface area contributed by atoms with Gasteiger partial charge in [-0.05, 0) is 39.7 Å². The van der Waals surface area contributed by atoms with Gasteiger partial charge < -0.3 is 19.5 Å². The number of rotatable bonds is 7. The molecule has 4 heteroatoms. The van der Waals surface area contributed by atoms with Crippen LogP contribution in [-0.2, 0) is 9.47 Å². The summed E-state index contributed by atoms with van der Waals surface area (Å²) in [6.07, 6.45) is 2.19. The van der Waals surface area contributed by atoms with Crippen LogP contribution in [0.3, 0.4) is 0 Å². The number of nitrogens with zero attached hydrogens (tertiary/aromatic N) is 1. The Morgan fingerprint density at radius 1 is 1.47 bits per heavy atom. The monoisotopic (exact) mass is 245 g/mol. The maximum Gasteiger partial charge on any atom is 0.0900 e. The molecule has 1 rings (SSSR count). The average Bonchev–Trinajstić information content (AvgIpc) is 2.27. The van der Waals surface area contributed by atoms with Crippen molar-refractivity contribution in [3.8, 4) is 0 Å². The molecule has 4 nitrogen and oxygen atoms in total. The molecule has 102 valence electrons. The highest BCUT2D eigenvalue weighted by atomic mass is 16.5. The van der Waals surface area contributed by atoms with E-state index in [4.69, 9.17) is 9.47 Å². The van der Waals surface area contributed by atoms with E-state index in [-0.39, 0.29) is 6.10 Å². The van der Waals surface area contributed by atoms with Crippen LogP contribution in [0.5, 0.6) is 0 Å². The van der Waals surface area contributed by atoms with Gasteiger partial charge in [0.25, 0.3) is 0 Å². The summed E-state index contributed by atoms with van der Waals surface area (Å²) >= 11 is 0. The Bertz CT molecular complexity index is 193. The van der Waals surface area contributed by atoms with E-state index in [0.717, 1.165) is 26.2 Å². The number of hydrogen-bond acceptors (Lipinski definition) is 4. The van der Waals surface area contributed by atoms with E-state index in [0.29, 0.717) is 19.1 Å². The van der Waals surface area contributed by atoms with Crippen LogP contribution in [0, 0.1) is 5.92 Å². The largest absolute Gasteiger partial charge is 0.389 e. The van der Waals surface area contributed by atoms with Gasteiger partial charge in [0.1, 0.15) is 0 Å². The number of aliphatic hydroxyl groups excluding tert-OH is 1. The zero-order valence-corrected chi connectivity index (χ0v) is 11.4. The lowest BCUT2D eigenvalue weighted by atomic mass is 10.0. The van der Waals surface area contributed by atoms with E-state index in [2.05, 4.69) is 4.90 Å². The Morgan fingerprint density at radius 3 is 2.82 bits per heavy atom. The van der Waals surface area contributed by atoms with Crippen molar-refractivity contribution in [2.45, 2.75) is 38.9 Å². The van der Waals surface area contributed by atoms with Gasteiger partial charge in [-0.2, -0.15) is 0 Å². The van der Waals surface area contributed by atoms with Crippen molar-refractivity contribution in [2.75, 3.05) is 40.0 Å². The fraction of sp³-hybridized carbons (Fsp3) is 1.00. The van der Waals surface area contributed by atoms with Crippen molar-refractivity contribution < 1.29 is 14.6 Å². The summed E-state index contributed by atoms with van der Waals surface area (Å²) in [4.78, 5) is 2.17. The van der Waals surface area contributed by atoms with Crippen LogP contribution >= 0.6 is 0 Å². The first-order valence-electron chi connectivity index (χ1n) is 6.64. The van der Waals surface area contributed by atoms with E-state index in [9.17, 15) is 5.11 Å². The fourth-order valence-corrected chi connectivity index (χ4v) is 2.18. The molecular formula is C13H27NO3. The molecule has 0 radical (unpaired) electrons. The van der Waals surface area contributed by atoms with E-state index < -0.39 is 6.10 Å². The molecule has 1 saturated heterocycles. The van der Waals surface area contributed by atoms with Crippen LogP contribution in [0.1, 0.15) is 26.7 Å². The first kappa shape index (κ1) is 14.9. The predicted molar refractivity (Wildman–Crippen MR) is 68.1 cm³/mol. The summed E-state index contributed by atoms with van der Waals surface area (Å²) in [5.74, 6) is 0.618. The minimum atomic E-state index is -0.396. The number of likely N-dealkylation sites (N-methyl/N-ethyl adjacent to an activating group) is 1. The Labute approximate surface area is 105 Å². The number of aliphatic hydroxyl groups is 1. The lowest BCUT2D eigenvalue weighted by Gasteiger charge is -2.28. The molecule has 1 N–H and O–H groups in total. The highest BCUT2D eigenvalue weighted by molar-refractivity contribution is 4.69. The molecule has 1 heterocycles. The molecule has 2 atom stereocenters. The molecule has 0 aromatic heterocycles. The molecule has 0 spiro atoms. The standard InChI is InChI=1S/C13H27NO3/c1-11(2)17-10-13(15)8-14(3)7-12-5-4-6-16-9-12/h11-13,15H,4-10H2,1-3H3. The van der Waals surface area contributed by atoms with Gasteiger partial charge in [-0.3, -0.25) is 0 Å². The summed E-state index contributed by atoms with van der Waals surface area (Å²) in [5.41, 5.74) is 0. The molecule has 1 aliphatic rings. The summed E-state index contributed by atoms with van der Waals surface area (Å²) in [6.45, 7) is 7.82. The van der Waals surface area contributed by atoms with Gasteiger partial charge >= 0.3 is 0 Å². The molecule has 0 bridgehead atoms. The highest BCUT2D eigenvalue weighted by Gasteiger charge is 2.17. The van der Waals surface area contributed by atoms with Gasteiger partial charge in [0, 0.05) is 19.7 Å². The Hall–Kier alpha value is -0.160. The van der Waals surface area contributed by atoms with E-state index in [1.165, 1.54) is 6.42 Å². The third kappa shape index (κ3) is 6.99. The maximum absolute atomic E-state index is 9.80. The fourth-order valence-electron chi connectivity index (χ4n) is 2.18. The van der Waals surface area contributed by atoms with Crippen molar-refractivity contribution in [2.24, 2.45) is 5.92 Å². The lowest BCUT2D eigenvalue weighted by Crippen LogP contribution is -2.37. The Balaban J connectivity index is 2.12. The second-order valence-corrected chi connectivity index (χ2v) is 5.34. The molecule has 2 unspecified atom stereocenters.